The van der Waals surface area contributed by atoms with E-state index in [4.69, 9.17) is 4.42 Å². The molecule has 0 amide bonds. The molecule has 0 unspecified atom stereocenters. The highest BCUT2D eigenvalue weighted by atomic mass is 127. The number of fused-ring (bicyclic) bond motifs is 1. The van der Waals surface area contributed by atoms with E-state index in [-0.39, 0.29) is 11.5 Å². The molecule has 0 aliphatic heterocycles. The number of benzene rings is 2. The molecule has 6 heteroatoms. The topological polar surface area (TPSA) is 79.1 Å². The minimum atomic E-state index is -1.11. The van der Waals surface area contributed by atoms with Crippen molar-refractivity contribution < 1.29 is 14.3 Å². The number of carboxylic acids is 1. The molecule has 2 aromatic carbocycles. The molecule has 0 radical (unpaired) electrons. The quantitative estimate of drug-likeness (QED) is 0.458. The van der Waals surface area contributed by atoms with E-state index in [1.807, 2.05) is 48.5 Å². The average Bonchev–Trinajstić information content (AvgIpc) is 3.19. The van der Waals surface area contributed by atoms with Crippen molar-refractivity contribution in [2.45, 2.75) is 0 Å². The predicted octanol–water partition coefficient (Wildman–Crippen LogP) is 4.79. The third kappa shape index (κ3) is 2.39. The van der Waals surface area contributed by atoms with Crippen molar-refractivity contribution in [2.75, 3.05) is 0 Å². The number of halogens is 1. The second-order valence-corrected chi connectivity index (χ2v) is 6.39. The molecular formula is C18H11IN2O3. The number of hydrogen-bond donors (Lipinski definition) is 2. The summed E-state index contributed by atoms with van der Waals surface area (Å²) >= 11 is 2.18. The van der Waals surface area contributed by atoms with Crippen LogP contribution in [0.15, 0.2) is 59.1 Å². The van der Waals surface area contributed by atoms with Crippen LogP contribution in [0.2, 0.25) is 0 Å². The number of nitrogens with zero attached hydrogens (tertiary/aromatic N) is 1. The normalized spacial score (nSPS) is 11.0. The molecule has 0 saturated heterocycles. The molecule has 2 aromatic heterocycles. The summed E-state index contributed by atoms with van der Waals surface area (Å²) in [5.41, 5.74) is 2.28. The van der Waals surface area contributed by atoms with Crippen LogP contribution in [-0.4, -0.2) is 21.0 Å². The van der Waals surface area contributed by atoms with Gasteiger partial charge in [0.25, 0.3) is 0 Å². The largest absolute Gasteiger partial charge is 0.476 e. The van der Waals surface area contributed by atoms with Gasteiger partial charge in [-0.1, -0.05) is 30.3 Å². The average molecular weight is 430 g/mol. The number of carboxylic acid groups (broad SMARTS) is 1. The fourth-order valence-electron chi connectivity index (χ4n) is 2.66. The summed E-state index contributed by atoms with van der Waals surface area (Å²) in [5, 5.41) is 10.4. The zero-order valence-electron chi connectivity index (χ0n) is 12.3. The maximum absolute atomic E-state index is 11.6. The van der Waals surface area contributed by atoms with E-state index in [9.17, 15) is 9.90 Å². The van der Waals surface area contributed by atoms with E-state index < -0.39 is 5.97 Å². The van der Waals surface area contributed by atoms with E-state index in [2.05, 4.69) is 32.6 Å². The number of carbonyl (C=O) groups is 1. The Hall–Kier alpha value is -2.61. The van der Waals surface area contributed by atoms with Gasteiger partial charge >= 0.3 is 5.97 Å². The third-order valence-corrected chi connectivity index (χ3v) is 4.71. The van der Waals surface area contributed by atoms with E-state index in [0.29, 0.717) is 11.5 Å². The van der Waals surface area contributed by atoms with Crippen molar-refractivity contribution in [1.29, 1.82) is 0 Å². The van der Waals surface area contributed by atoms with E-state index in [1.165, 1.54) is 0 Å². The van der Waals surface area contributed by atoms with Crippen LogP contribution in [0.4, 0.5) is 0 Å². The number of aromatic amines is 1. The van der Waals surface area contributed by atoms with Gasteiger partial charge in [-0.15, -0.1) is 0 Å². The summed E-state index contributed by atoms with van der Waals surface area (Å²) in [4.78, 5) is 19.0. The van der Waals surface area contributed by atoms with Gasteiger partial charge in [0, 0.05) is 26.2 Å². The molecule has 5 nitrogen and oxygen atoms in total. The van der Waals surface area contributed by atoms with Gasteiger partial charge in [-0.3, -0.25) is 0 Å². The summed E-state index contributed by atoms with van der Waals surface area (Å²) in [6.45, 7) is 0. The molecule has 0 aliphatic carbocycles. The molecular weight excluding hydrogens is 419 g/mol. The number of para-hydroxylation sites is 1. The van der Waals surface area contributed by atoms with E-state index in [1.54, 1.807) is 6.20 Å². The Kier molecular flexibility index (Phi) is 3.61. The number of hydrogen-bond acceptors (Lipinski definition) is 3. The van der Waals surface area contributed by atoms with Gasteiger partial charge in [0.2, 0.25) is 5.89 Å². The summed E-state index contributed by atoms with van der Waals surface area (Å²) in [7, 11) is 0. The molecule has 2 N–H and O–H groups in total. The maximum Gasteiger partial charge on any atom is 0.358 e. The van der Waals surface area contributed by atoms with Crippen LogP contribution in [0.5, 0.6) is 0 Å². The van der Waals surface area contributed by atoms with Gasteiger partial charge in [0.1, 0.15) is 0 Å². The van der Waals surface area contributed by atoms with Crippen molar-refractivity contribution in [3.63, 3.8) is 0 Å². The number of aromatic carboxylic acids is 1. The minimum Gasteiger partial charge on any atom is -0.476 e. The van der Waals surface area contributed by atoms with Gasteiger partial charge in [-0.25, -0.2) is 9.78 Å². The number of rotatable bonds is 3. The fraction of sp³-hybridized carbons (Fsp3) is 0. The molecule has 0 fully saturated rings. The second-order valence-electron chi connectivity index (χ2n) is 5.23. The lowest BCUT2D eigenvalue weighted by atomic mass is 10.1. The monoisotopic (exact) mass is 430 g/mol. The van der Waals surface area contributed by atoms with E-state index in [0.717, 1.165) is 20.0 Å². The Morgan fingerprint density at radius 1 is 1.08 bits per heavy atom. The smallest absolute Gasteiger partial charge is 0.358 e. The molecule has 0 saturated carbocycles. The highest BCUT2D eigenvalue weighted by Gasteiger charge is 2.24. The lowest BCUT2D eigenvalue weighted by Crippen LogP contribution is -1.98. The Morgan fingerprint density at radius 2 is 1.83 bits per heavy atom. The molecule has 0 aliphatic rings. The highest BCUT2D eigenvalue weighted by Crippen LogP contribution is 2.35. The molecule has 4 rings (SSSR count). The molecule has 4 aromatic rings. The maximum atomic E-state index is 11.6. The van der Waals surface area contributed by atoms with Crippen LogP contribution >= 0.6 is 22.6 Å². The molecule has 24 heavy (non-hydrogen) atoms. The number of oxazole rings is 1. The van der Waals surface area contributed by atoms with E-state index >= 15 is 0 Å². The van der Waals surface area contributed by atoms with Crippen molar-refractivity contribution in [3.8, 4) is 22.8 Å². The Balaban J connectivity index is 1.96. The Labute approximate surface area is 150 Å². The van der Waals surface area contributed by atoms with Crippen LogP contribution in [0.25, 0.3) is 33.7 Å². The van der Waals surface area contributed by atoms with Gasteiger partial charge in [-0.05, 0) is 40.8 Å². The summed E-state index contributed by atoms with van der Waals surface area (Å²) in [5.74, 6) is -0.552. The van der Waals surface area contributed by atoms with Crippen LogP contribution in [0.1, 0.15) is 10.5 Å². The second kappa shape index (κ2) is 5.79. The zero-order valence-corrected chi connectivity index (χ0v) is 14.4. The minimum absolute atomic E-state index is 0.0885. The first kappa shape index (κ1) is 14.9. The van der Waals surface area contributed by atoms with Gasteiger partial charge in [0.15, 0.2) is 11.5 Å². The molecule has 0 bridgehead atoms. The fourth-order valence-corrected chi connectivity index (χ4v) is 3.27. The SMILES string of the molecule is O=C(O)c1nc(-c2ccccc2I)oc1-c1c[nH]c2ccccc12. The lowest BCUT2D eigenvalue weighted by Gasteiger charge is -1.98. The third-order valence-electron chi connectivity index (χ3n) is 3.77. The van der Waals surface area contributed by atoms with Crippen molar-refractivity contribution >= 4 is 39.5 Å². The highest BCUT2D eigenvalue weighted by molar-refractivity contribution is 14.1. The van der Waals surface area contributed by atoms with Crippen LogP contribution in [-0.2, 0) is 0 Å². The zero-order chi connectivity index (χ0) is 16.7. The van der Waals surface area contributed by atoms with Gasteiger partial charge in [-0.2, -0.15) is 0 Å². The van der Waals surface area contributed by atoms with Crippen LogP contribution in [0, 0.1) is 3.57 Å². The molecule has 0 atom stereocenters. The van der Waals surface area contributed by atoms with Gasteiger partial charge in [0.05, 0.1) is 5.56 Å². The molecule has 2 heterocycles. The molecule has 118 valence electrons. The number of aromatic nitrogens is 2. The summed E-state index contributed by atoms with van der Waals surface area (Å²) in [6.07, 6.45) is 1.75. The van der Waals surface area contributed by atoms with Crippen molar-refractivity contribution in [2.24, 2.45) is 0 Å². The first-order valence-corrected chi connectivity index (χ1v) is 8.28. The first-order chi connectivity index (χ1) is 11.6. The Morgan fingerprint density at radius 3 is 2.62 bits per heavy atom. The van der Waals surface area contributed by atoms with Crippen LogP contribution in [0.3, 0.4) is 0 Å². The number of H-pyrrole nitrogens is 1. The number of nitrogens with one attached hydrogen (secondary N) is 1. The molecule has 0 spiro atoms. The van der Waals surface area contributed by atoms with Crippen molar-refractivity contribution in [1.82, 2.24) is 9.97 Å². The van der Waals surface area contributed by atoms with Crippen LogP contribution < -0.4 is 0 Å². The van der Waals surface area contributed by atoms with Gasteiger partial charge < -0.3 is 14.5 Å². The summed E-state index contributed by atoms with van der Waals surface area (Å²) in [6, 6.07) is 15.2. The predicted molar refractivity (Wildman–Crippen MR) is 98.9 cm³/mol. The van der Waals surface area contributed by atoms with Crippen molar-refractivity contribution in [3.05, 3.63) is 64.0 Å². The Bertz CT molecular complexity index is 1070. The lowest BCUT2D eigenvalue weighted by molar-refractivity contribution is 0.0691. The standard InChI is InChI=1S/C18H11IN2O3/c19-13-7-3-1-6-11(13)17-21-15(18(22)23)16(24-17)12-9-20-14-8-4-2-5-10(12)14/h1-9,20H,(H,22,23). The first-order valence-electron chi connectivity index (χ1n) is 7.20. The summed E-state index contributed by atoms with van der Waals surface area (Å²) < 4.78 is 6.82.